The molecule has 0 radical (unpaired) electrons. The van der Waals surface area contributed by atoms with Gasteiger partial charge in [0.15, 0.2) is 11.0 Å². The number of thioether (sulfide) groups is 1. The van der Waals surface area contributed by atoms with Gasteiger partial charge in [-0.15, -0.1) is 21.5 Å². The monoisotopic (exact) mass is 473 g/mol. The van der Waals surface area contributed by atoms with Crippen molar-refractivity contribution in [1.29, 1.82) is 0 Å². The van der Waals surface area contributed by atoms with Gasteiger partial charge in [0, 0.05) is 36.8 Å². The summed E-state index contributed by atoms with van der Waals surface area (Å²) in [5.74, 6) is 0.235. The van der Waals surface area contributed by atoms with E-state index in [1.54, 1.807) is 6.07 Å². The highest BCUT2D eigenvalue weighted by Gasteiger charge is 2.19. The second kappa shape index (κ2) is 10.6. The summed E-state index contributed by atoms with van der Waals surface area (Å²) in [5, 5.41) is 12.7. The van der Waals surface area contributed by atoms with Crippen molar-refractivity contribution >= 4 is 45.7 Å². The molecule has 3 rings (SSSR count). The number of methoxy groups -OCH3 is 1. The first kappa shape index (κ1) is 23.8. The van der Waals surface area contributed by atoms with Crippen LogP contribution in [0.2, 0.25) is 0 Å². The number of aromatic nitrogens is 3. The Morgan fingerprint density at radius 1 is 1.22 bits per heavy atom. The van der Waals surface area contributed by atoms with Gasteiger partial charge in [-0.3, -0.25) is 4.79 Å². The van der Waals surface area contributed by atoms with Crippen LogP contribution in [0.4, 0.5) is 10.7 Å². The Bertz CT molecular complexity index is 1110. The lowest BCUT2D eigenvalue weighted by atomic mass is 10.2. The minimum atomic E-state index is -0.459. The van der Waals surface area contributed by atoms with Gasteiger partial charge in [0.05, 0.1) is 18.4 Å². The van der Waals surface area contributed by atoms with E-state index in [4.69, 9.17) is 4.74 Å². The maximum atomic E-state index is 12.6. The lowest BCUT2D eigenvalue weighted by molar-refractivity contribution is -0.113. The van der Waals surface area contributed by atoms with E-state index in [0.29, 0.717) is 22.3 Å². The number of carbonyl (C=O) groups excluding carboxylic acids is 2. The quantitative estimate of drug-likeness (QED) is 0.368. The number of anilines is 2. The second-order valence-electron chi connectivity index (χ2n) is 7.13. The normalized spacial score (nSPS) is 10.8. The molecule has 0 saturated carbocycles. The van der Waals surface area contributed by atoms with Crippen LogP contribution < -0.4 is 10.2 Å². The average molecular weight is 474 g/mol. The van der Waals surface area contributed by atoms with E-state index in [1.807, 2.05) is 55.6 Å². The van der Waals surface area contributed by atoms with Gasteiger partial charge >= 0.3 is 5.97 Å². The van der Waals surface area contributed by atoms with Gasteiger partial charge in [0.2, 0.25) is 5.91 Å². The number of thiophene rings is 1. The van der Waals surface area contributed by atoms with Crippen molar-refractivity contribution in [3.63, 3.8) is 0 Å². The smallest absolute Gasteiger partial charge is 0.340 e. The van der Waals surface area contributed by atoms with Gasteiger partial charge in [-0.2, -0.15) is 0 Å². The zero-order valence-electron chi connectivity index (χ0n) is 18.8. The Morgan fingerprint density at radius 2 is 2.00 bits per heavy atom. The predicted molar refractivity (Wildman–Crippen MR) is 130 cm³/mol. The molecule has 0 spiro atoms. The van der Waals surface area contributed by atoms with Crippen LogP contribution in [0, 0.1) is 0 Å². The first-order valence-electron chi connectivity index (χ1n) is 10.2. The summed E-state index contributed by atoms with van der Waals surface area (Å²) >= 11 is 2.70. The molecule has 32 heavy (non-hydrogen) atoms. The molecule has 2 heterocycles. The van der Waals surface area contributed by atoms with Crippen LogP contribution in [0.1, 0.15) is 29.1 Å². The first-order chi connectivity index (χ1) is 15.4. The van der Waals surface area contributed by atoms with Crippen LogP contribution >= 0.6 is 23.1 Å². The Hall–Kier alpha value is -2.85. The molecule has 0 aliphatic rings. The fraction of sp³-hybridized carbons (Fsp3) is 0.364. The standard InChI is InChI=1S/C22H27N5O3S2/c1-6-16-12-17(21(29)30-5)20(32-16)23-18(28)13-31-22-25-24-19(27(22)7-2)14-9-8-10-15(11-14)26(3)4/h8-12H,6-7,13H2,1-5H3,(H,23,28). The maximum absolute atomic E-state index is 12.6. The largest absolute Gasteiger partial charge is 0.465 e. The molecule has 0 unspecified atom stereocenters. The Balaban J connectivity index is 1.73. The molecule has 0 bridgehead atoms. The van der Waals surface area contributed by atoms with Crippen LogP contribution in [0.15, 0.2) is 35.5 Å². The number of nitrogens with zero attached hydrogens (tertiary/aromatic N) is 4. The minimum Gasteiger partial charge on any atom is -0.465 e. The van der Waals surface area contributed by atoms with Crippen LogP contribution in [0.25, 0.3) is 11.4 Å². The topological polar surface area (TPSA) is 89.3 Å². The highest BCUT2D eigenvalue weighted by atomic mass is 32.2. The molecule has 0 aliphatic heterocycles. The summed E-state index contributed by atoms with van der Waals surface area (Å²) in [6.45, 7) is 4.70. The molecular weight excluding hydrogens is 446 g/mol. The SMILES string of the molecule is CCc1cc(C(=O)OC)c(NC(=O)CSc2nnc(-c3cccc(N(C)C)c3)n2CC)s1. The van der Waals surface area contributed by atoms with Crippen LogP contribution in [-0.2, 0) is 22.5 Å². The number of hydrogen-bond acceptors (Lipinski definition) is 8. The molecule has 3 aromatic rings. The summed E-state index contributed by atoms with van der Waals surface area (Å²) in [7, 11) is 5.31. The predicted octanol–water partition coefficient (Wildman–Crippen LogP) is 4.17. The van der Waals surface area contributed by atoms with Gasteiger partial charge in [-0.05, 0) is 31.5 Å². The van der Waals surface area contributed by atoms with E-state index in [-0.39, 0.29) is 11.7 Å². The molecule has 1 aromatic carbocycles. The molecule has 2 aromatic heterocycles. The number of hydrogen-bond donors (Lipinski definition) is 1. The highest BCUT2D eigenvalue weighted by molar-refractivity contribution is 7.99. The van der Waals surface area contributed by atoms with E-state index in [0.717, 1.165) is 28.4 Å². The van der Waals surface area contributed by atoms with Gasteiger partial charge in [0.25, 0.3) is 0 Å². The van der Waals surface area contributed by atoms with Crippen molar-refractivity contribution in [2.75, 3.05) is 37.2 Å². The van der Waals surface area contributed by atoms with Gasteiger partial charge in [0.1, 0.15) is 5.00 Å². The average Bonchev–Trinajstić information content (AvgIpc) is 3.40. The Morgan fingerprint density at radius 3 is 2.66 bits per heavy atom. The second-order valence-corrected chi connectivity index (χ2v) is 9.21. The molecule has 1 N–H and O–H groups in total. The number of benzene rings is 1. The van der Waals surface area contributed by atoms with Gasteiger partial charge < -0.3 is 19.5 Å². The molecule has 8 nitrogen and oxygen atoms in total. The summed E-state index contributed by atoms with van der Waals surface area (Å²) in [6, 6.07) is 9.85. The van der Waals surface area contributed by atoms with E-state index >= 15 is 0 Å². The summed E-state index contributed by atoms with van der Waals surface area (Å²) < 4.78 is 6.82. The third-order valence-corrected chi connectivity index (χ3v) is 6.94. The number of rotatable bonds is 9. The third kappa shape index (κ3) is 5.31. The molecule has 0 aliphatic carbocycles. The van der Waals surface area contributed by atoms with Crippen molar-refractivity contribution in [3.8, 4) is 11.4 Å². The molecule has 10 heteroatoms. The summed E-state index contributed by atoms with van der Waals surface area (Å²) in [4.78, 5) is 27.7. The number of amides is 1. The molecule has 1 amide bonds. The fourth-order valence-corrected chi connectivity index (χ4v) is 4.88. The summed E-state index contributed by atoms with van der Waals surface area (Å²) in [5.41, 5.74) is 2.42. The fourth-order valence-electron chi connectivity index (χ4n) is 3.08. The number of esters is 1. The first-order valence-corrected chi connectivity index (χ1v) is 12.0. The Kier molecular flexibility index (Phi) is 7.92. The van der Waals surface area contributed by atoms with Crippen molar-refractivity contribution in [1.82, 2.24) is 14.8 Å². The zero-order valence-corrected chi connectivity index (χ0v) is 20.5. The van der Waals surface area contributed by atoms with Crippen LogP contribution in [0.3, 0.4) is 0 Å². The minimum absolute atomic E-state index is 0.149. The highest BCUT2D eigenvalue weighted by Crippen LogP contribution is 2.30. The van der Waals surface area contributed by atoms with Crippen LogP contribution in [-0.4, -0.2) is 53.6 Å². The summed E-state index contributed by atoms with van der Waals surface area (Å²) in [6.07, 6.45) is 0.774. The lowest BCUT2D eigenvalue weighted by Gasteiger charge is -2.14. The van der Waals surface area contributed by atoms with Crippen molar-refractivity contribution < 1.29 is 14.3 Å². The maximum Gasteiger partial charge on any atom is 0.340 e. The molecular formula is C22H27N5O3S2. The lowest BCUT2D eigenvalue weighted by Crippen LogP contribution is -2.16. The molecule has 0 atom stereocenters. The van der Waals surface area contributed by atoms with E-state index < -0.39 is 5.97 Å². The van der Waals surface area contributed by atoms with E-state index in [1.165, 1.54) is 30.2 Å². The number of nitrogens with one attached hydrogen (secondary N) is 1. The Labute approximate surface area is 196 Å². The van der Waals surface area contributed by atoms with Gasteiger partial charge in [-0.25, -0.2) is 4.79 Å². The van der Waals surface area contributed by atoms with Gasteiger partial charge in [-0.1, -0.05) is 30.8 Å². The van der Waals surface area contributed by atoms with Crippen molar-refractivity contribution in [2.45, 2.75) is 32.0 Å². The van der Waals surface area contributed by atoms with Crippen molar-refractivity contribution in [2.24, 2.45) is 0 Å². The number of aryl methyl sites for hydroxylation is 1. The zero-order chi connectivity index (χ0) is 23.3. The van der Waals surface area contributed by atoms with Crippen LogP contribution in [0.5, 0.6) is 0 Å². The third-order valence-electron chi connectivity index (χ3n) is 4.78. The molecule has 0 saturated heterocycles. The van der Waals surface area contributed by atoms with Crippen molar-refractivity contribution in [3.05, 3.63) is 40.8 Å². The number of carbonyl (C=O) groups is 2. The molecule has 170 valence electrons. The molecule has 0 fully saturated rings. The van der Waals surface area contributed by atoms with E-state index in [9.17, 15) is 9.59 Å². The van der Waals surface area contributed by atoms with E-state index in [2.05, 4.69) is 21.6 Å². The number of ether oxygens (including phenoxy) is 1.